The Morgan fingerprint density at radius 1 is 0.634 bits per heavy atom. The van der Waals surface area contributed by atoms with Crippen LogP contribution in [-0.2, 0) is 0 Å². The molecule has 0 amide bonds. The number of unbranched alkanes of at least 4 members (excludes halogenated alkanes) is 8. The molecule has 0 heterocycles. The summed E-state index contributed by atoms with van der Waals surface area (Å²) in [6.07, 6.45) is 38.7. The largest absolute Gasteiger partial charge is 0.0654 e. The fraction of sp³-hybridized carbons (Fsp3) is 1.00. The molecule has 0 radical (unpaired) electrons. The third-order valence-electron chi connectivity index (χ3n) is 12.7. The first-order valence-electron chi connectivity index (χ1n) is 19.9. The molecule has 41 heavy (non-hydrogen) atoms. The monoisotopic (exact) mass is 573 g/mol. The Balaban J connectivity index is 1.88. The SMILES string of the molecule is CCCCCCCCC1CCC2CC2(CCCC)C(CCCC(CC)CCC(CCCCC)C(C)C)CCCC1C. The van der Waals surface area contributed by atoms with Crippen LogP contribution in [0.1, 0.15) is 215 Å². The molecule has 0 aromatic rings. The van der Waals surface area contributed by atoms with E-state index in [9.17, 15) is 0 Å². The van der Waals surface area contributed by atoms with E-state index in [1.54, 1.807) is 38.5 Å². The molecular formula is C41H80. The van der Waals surface area contributed by atoms with E-state index < -0.39 is 0 Å². The molecule has 7 unspecified atom stereocenters. The van der Waals surface area contributed by atoms with Gasteiger partial charge in [0.1, 0.15) is 0 Å². The van der Waals surface area contributed by atoms with Gasteiger partial charge in [-0.15, -0.1) is 0 Å². The average Bonchev–Trinajstić information content (AvgIpc) is 3.68. The van der Waals surface area contributed by atoms with Crippen molar-refractivity contribution >= 4 is 0 Å². The molecule has 0 bridgehead atoms. The van der Waals surface area contributed by atoms with E-state index in [0.717, 1.165) is 46.8 Å². The van der Waals surface area contributed by atoms with Gasteiger partial charge in [-0.1, -0.05) is 170 Å². The summed E-state index contributed by atoms with van der Waals surface area (Å²) in [6, 6.07) is 0. The lowest BCUT2D eigenvalue weighted by Crippen LogP contribution is -2.22. The number of hydrogen-bond donors (Lipinski definition) is 0. The Morgan fingerprint density at radius 2 is 1.34 bits per heavy atom. The van der Waals surface area contributed by atoms with Gasteiger partial charge in [0.2, 0.25) is 0 Å². The van der Waals surface area contributed by atoms with Gasteiger partial charge in [0, 0.05) is 0 Å². The van der Waals surface area contributed by atoms with E-state index in [0.29, 0.717) is 0 Å². The smallest absolute Gasteiger partial charge is 0.0238 e. The number of hydrogen-bond acceptors (Lipinski definition) is 0. The molecule has 7 atom stereocenters. The molecule has 0 aliphatic heterocycles. The van der Waals surface area contributed by atoms with Crippen molar-refractivity contribution in [3.05, 3.63) is 0 Å². The summed E-state index contributed by atoms with van der Waals surface area (Å²) in [7, 11) is 0. The summed E-state index contributed by atoms with van der Waals surface area (Å²) in [5, 5.41) is 0. The molecule has 0 saturated heterocycles. The summed E-state index contributed by atoms with van der Waals surface area (Å²) in [4.78, 5) is 0. The molecule has 2 aliphatic carbocycles. The van der Waals surface area contributed by atoms with Crippen molar-refractivity contribution in [3.8, 4) is 0 Å². The van der Waals surface area contributed by atoms with E-state index in [1.165, 1.54) is 128 Å². The third kappa shape index (κ3) is 13.7. The van der Waals surface area contributed by atoms with Crippen molar-refractivity contribution in [2.75, 3.05) is 0 Å². The fourth-order valence-electron chi connectivity index (χ4n) is 9.39. The first-order chi connectivity index (χ1) is 19.9. The Morgan fingerprint density at radius 3 is 2.05 bits per heavy atom. The van der Waals surface area contributed by atoms with Gasteiger partial charge in [0.05, 0.1) is 0 Å². The zero-order valence-electron chi connectivity index (χ0n) is 29.9. The van der Waals surface area contributed by atoms with E-state index in [4.69, 9.17) is 0 Å². The van der Waals surface area contributed by atoms with Gasteiger partial charge in [0.25, 0.3) is 0 Å². The lowest BCUT2D eigenvalue weighted by atomic mass is 9.72. The predicted molar refractivity (Wildman–Crippen MR) is 187 cm³/mol. The van der Waals surface area contributed by atoms with E-state index >= 15 is 0 Å². The molecule has 0 heteroatoms. The molecule has 0 aromatic carbocycles. The van der Waals surface area contributed by atoms with Crippen LogP contribution in [0.2, 0.25) is 0 Å². The van der Waals surface area contributed by atoms with Crippen LogP contribution in [0.3, 0.4) is 0 Å². The molecule has 0 aromatic heterocycles. The Labute approximate surface area is 261 Å². The van der Waals surface area contributed by atoms with E-state index in [2.05, 4.69) is 48.5 Å². The van der Waals surface area contributed by atoms with Gasteiger partial charge in [-0.05, 0) is 91.8 Å². The molecule has 2 fully saturated rings. The van der Waals surface area contributed by atoms with Crippen molar-refractivity contribution in [3.63, 3.8) is 0 Å². The van der Waals surface area contributed by atoms with Gasteiger partial charge in [-0.2, -0.15) is 0 Å². The van der Waals surface area contributed by atoms with Crippen LogP contribution in [0, 0.1) is 46.8 Å². The van der Waals surface area contributed by atoms with Gasteiger partial charge >= 0.3 is 0 Å². The minimum absolute atomic E-state index is 0.755. The maximum Gasteiger partial charge on any atom is -0.0238 e. The number of fused-ring (bicyclic) bond motifs is 1. The second-order valence-corrected chi connectivity index (χ2v) is 16.0. The third-order valence-corrected chi connectivity index (χ3v) is 12.7. The highest BCUT2D eigenvalue weighted by molar-refractivity contribution is 5.06. The van der Waals surface area contributed by atoms with Crippen LogP contribution in [0.4, 0.5) is 0 Å². The minimum Gasteiger partial charge on any atom is -0.0654 e. The van der Waals surface area contributed by atoms with Crippen LogP contribution >= 0.6 is 0 Å². The quantitative estimate of drug-likeness (QED) is 0.107. The highest BCUT2D eigenvalue weighted by Crippen LogP contribution is 2.65. The minimum atomic E-state index is 0.755. The summed E-state index contributed by atoms with van der Waals surface area (Å²) in [6.45, 7) is 17.2. The van der Waals surface area contributed by atoms with Gasteiger partial charge in [0.15, 0.2) is 0 Å². The maximum atomic E-state index is 2.63. The van der Waals surface area contributed by atoms with Crippen LogP contribution < -0.4 is 0 Å². The lowest BCUT2D eigenvalue weighted by molar-refractivity contribution is 0.177. The molecule has 244 valence electrons. The molecular weight excluding hydrogens is 492 g/mol. The van der Waals surface area contributed by atoms with Crippen molar-refractivity contribution in [2.45, 2.75) is 215 Å². The second kappa shape index (κ2) is 21.7. The maximum absolute atomic E-state index is 2.63. The van der Waals surface area contributed by atoms with E-state index in [1.807, 2.05) is 0 Å². The first kappa shape index (κ1) is 37.2. The molecule has 0 spiro atoms. The highest BCUT2D eigenvalue weighted by Gasteiger charge is 2.56. The Bertz CT molecular complexity index is 605. The molecule has 0 nitrogen and oxygen atoms in total. The van der Waals surface area contributed by atoms with Crippen LogP contribution in [0.25, 0.3) is 0 Å². The van der Waals surface area contributed by atoms with Crippen molar-refractivity contribution < 1.29 is 0 Å². The molecule has 2 saturated carbocycles. The fourth-order valence-corrected chi connectivity index (χ4v) is 9.39. The van der Waals surface area contributed by atoms with Crippen molar-refractivity contribution in [1.29, 1.82) is 0 Å². The number of rotatable bonds is 23. The van der Waals surface area contributed by atoms with Crippen molar-refractivity contribution in [1.82, 2.24) is 0 Å². The topological polar surface area (TPSA) is 0 Å². The summed E-state index contributed by atoms with van der Waals surface area (Å²) in [5.74, 6) is 6.90. The zero-order valence-corrected chi connectivity index (χ0v) is 29.9. The molecule has 2 aliphatic rings. The van der Waals surface area contributed by atoms with Gasteiger partial charge in [-0.25, -0.2) is 0 Å². The molecule has 2 rings (SSSR count). The Kier molecular flexibility index (Phi) is 19.6. The van der Waals surface area contributed by atoms with Gasteiger partial charge in [-0.3, -0.25) is 0 Å². The molecule has 0 N–H and O–H groups in total. The second-order valence-electron chi connectivity index (χ2n) is 16.0. The summed E-state index contributed by atoms with van der Waals surface area (Å²) in [5.41, 5.74) is 0.755. The average molecular weight is 573 g/mol. The van der Waals surface area contributed by atoms with Crippen LogP contribution in [0.15, 0.2) is 0 Å². The summed E-state index contributed by atoms with van der Waals surface area (Å²) < 4.78 is 0. The lowest BCUT2D eigenvalue weighted by Gasteiger charge is -2.33. The predicted octanol–water partition coefficient (Wildman–Crippen LogP) is 14.6. The van der Waals surface area contributed by atoms with Crippen LogP contribution in [-0.4, -0.2) is 0 Å². The normalized spacial score (nSPS) is 28.4. The first-order valence-corrected chi connectivity index (χ1v) is 19.9. The van der Waals surface area contributed by atoms with Crippen LogP contribution in [0.5, 0.6) is 0 Å². The Hall–Kier alpha value is 0. The van der Waals surface area contributed by atoms with Gasteiger partial charge < -0.3 is 0 Å². The van der Waals surface area contributed by atoms with Crippen molar-refractivity contribution in [2.24, 2.45) is 46.8 Å². The highest BCUT2D eigenvalue weighted by atomic mass is 14.6. The van der Waals surface area contributed by atoms with E-state index in [-0.39, 0.29) is 0 Å². The zero-order chi connectivity index (χ0) is 29.9. The summed E-state index contributed by atoms with van der Waals surface area (Å²) >= 11 is 0. The standard InChI is InChI=1S/C41H80/c1-8-12-15-16-17-19-25-38-30-31-40-33-41(40,32-14-10-3)39(26-20-22-35(38)7)27-21-23-36(11-4)28-29-37(34(5)6)24-18-13-9-2/h34-40H,8-33H2,1-7H3.